The second-order valence-corrected chi connectivity index (χ2v) is 6.37. The van der Waals surface area contributed by atoms with E-state index in [4.69, 9.17) is 23.7 Å². The minimum absolute atomic E-state index is 0.0365. The van der Waals surface area contributed by atoms with Crippen LogP contribution in [0.4, 0.5) is 5.69 Å². The Balaban J connectivity index is 1.30. The zero-order valence-electron chi connectivity index (χ0n) is 17.3. The van der Waals surface area contributed by atoms with E-state index in [-0.39, 0.29) is 5.69 Å². The molecule has 1 aromatic heterocycles. The summed E-state index contributed by atoms with van der Waals surface area (Å²) < 4.78 is 31.3. The Morgan fingerprint density at radius 1 is 0.867 bits per heavy atom. The van der Waals surface area contributed by atoms with Gasteiger partial charge in [0.2, 0.25) is 6.33 Å². The lowest BCUT2D eigenvalue weighted by atomic mass is 10.3. The molecule has 0 unspecified atom stereocenters. The summed E-state index contributed by atoms with van der Waals surface area (Å²) in [6, 6.07) is 5.94. The zero-order valence-corrected chi connectivity index (χ0v) is 17.3. The average Bonchev–Trinajstić information content (AvgIpc) is 3.16. The summed E-state index contributed by atoms with van der Waals surface area (Å²) in [7, 11) is 1.98. The van der Waals surface area contributed by atoms with Crippen LogP contribution < -0.4 is 9.30 Å². The molecule has 1 aromatic carbocycles. The van der Waals surface area contributed by atoms with Gasteiger partial charge in [-0.05, 0) is 12.1 Å². The number of hydrogen-bond donors (Lipinski definition) is 0. The van der Waals surface area contributed by atoms with Gasteiger partial charge in [0.25, 0.3) is 5.69 Å². The van der Waals surface area contributed by atoms with Crippen LogP contribution in [0.15, 0.2) is 43.0 Å². The normalized spacial score (nSPS) is 11.0. The summed E-state index contributed by atoms with van der Waals surface area (Å²) in [6.07, 6.45) is 6.00. The van der Waals surface area contributed by atoms with E-state index in [0.29, 0.717) is 65.2 Å². The highest BCUT2D eigenvalue weighted by atomic mass is 16.6. The van der Waals surface area contributed by atoms with Crippen molar-refractivity contribution in [3.05, 3.63) is 53.1 Å². The number of nitro benzene ring substituents is 1. The minimum Gasteiger partial charge on any atom is -0.491 e. The highest BCUT2D eigenvalue weighted by Crippen LogP contribution is 2.16. The molecule has 0 radical (unpaired) electrons. The van der Waals surface area contributed by atoms with Crippen molar-refractivity contribution in [2.45, 2.75) is 6.54 Å². The van der Waals surface area contributed by atoms with Crippen molar-refractivity contribution in [1.82, 2.24) is 4.57 Å². The molecular formula is C20H30N3O7+. The molecule has 0 fully saturated rings. The van der Waals surface area contributed by atoms with Gasteiger partial charge in [-0.3, -0.25) is 10.1 Å². The number of imidazole rings is 1. The molecule has 0 spiro atoms. The van der Waals surface area contributed by atoms with Gasteiger partial charge in [-0.25, -0.2) is 9.13 Å². The van der Waals surface area contributed by atoms with Gasteiger partial charge in [0, 0.05) is 12.1 Å². The zero-order chi connectivity index (χ0) is 21.4. The molecule has 2 aromatic rings. The Bertz CT molecular complexity index is 721. The molecule has 0 aliphatic rings. The fraction of sp³-hybridized carbons (Fsp3) is 0.550. The smallest absolute Gasteiger partial charge is 0.269 e. The lowest BCUT2D eigenvalue weighted by molar-refractivity contribution is -0.671. The standard InChI is InChI=1S/C20H30N3O7/c1-21-6-7-22(18-21)8-9-26-10-11-27-12-13-28-14-15-29-16-17-30-20-4-2-19(3-5-20)23(24)25/h2-7,18H,8-17H2,1H3/q+1. The van der Waals surface area contributed by atoms with Crippen LogP contribution in [0.5, 0.6) is 5.75 Å². The Hall–Kier alpha value is -2.53. The van der Waals surface area contributed by atoms with Gasteiger partial charge >= 0.3 is 0 Å². The molecule has 0 bridgehead atoms. The SMILES string of the molecule is C[n+]1ccn(CCOCCOCCOCCOCCOc2ccc([N+](=O)[O-])cc2)c1. The van der Waals surface area contributed by atoms with Crippen molar-refractivity contribution < 1.29 is 33.2 Å². The number of aryl methyl sites for hydroxylation is 1. The van der Waals surface area contributed by atoms with Gasteiger partial charge < -0.3 is 23.7 Å². The second kappa shape index (κ2) is 14.5. The summed E-state index contributed by atoms with van der Waals surface area (Å²) in [5, 5.41) is 10.6. The largest absolute Gasteiger partial charge is 0.491 e. The van der Waals surface area contributed by atoms with Crippen LogP contribution in [0.1, 0.15) is 0 Å². The minimum atomic E-state index is -0.446. The molecule has 0 aliphatic heterocycles. The van der Waals surface area contributed by atoms with Crippen LogP contribution in [0.2, 0.25) is 0 Å². The maximum absolute atomic E-state index is 10.6. The van der Waals surface area contributed by atoms with E-state index < -0.39 is 4.92 Å². The van der Waals surface area contributed by atoms with Gasteiger partial charge in [-0.1, -0.05) is 0 Å². The number of nitrogens with zero attached hydrogens (tertiary/aromatic N) is 3. The third-order valence-electron chi connectivity index (χ3n) is 3.98. The Labute approximate surface area is 176 Å². The number of hydrogen-bond acceptors (Lipinski definition) is 7. The molecular weight excluding hydrogens is 394 g/mol. The average molecular weight is 424 g/mol. The molecule has 0 saturated heterocycles. The molecule has 0 saturated carbocycles. The number of nitro groups is 1. The summed E-state index contributed by atoms with van der Waals surface area (Å²) in [5.41, 5.74) is 0.0365. The van der Waals surface area contributed by atoms with Crippen molar-refractivity contribution in [3.8, 4) is 5.75 Å². The summed E-state index contributed by atoms with van der Waals surface area (Å²) in [5.74, 6) is 0.570. The highest BCUT2D eigenvalue weighted by Gasteiger charge is 2.04. The monoisotopic (exact) mass is 424 g/mol. The first-order valence-corrected chi connectivity index (χ1v) is 9.84. The molecule has 0 aliphatic carbocycles. The first-order valence-electron chi connectivity index (χ1n) is 9.84. The predicted octanol–water partition coefficient (Wildman–Crippen LogP) is 1.37. The number of ether oxygens (including phenoxy) is 5. The van der Waals surface area contributed by atoms with Gasteiger partial charge in [-0.15, -0.1) is 0 Å². The number of rotatable bonds is 17. The molecule has 0 N–H and O–H groups in total. The molecule has 30 heavy (non-hydrogen) atoms. The first-order chi connectivity index (χ1) is 14.6. The van der Waals surface area contributed by atoms with Gasteiger partial charge in [-0.2, -0.15) is 0 Å². The number of non-ortho nitro benzene ring substituents is 1. The van der Waals surface area contributed by atoms with Gasteiger partial charge in [0.05, 0.1) is 64.8 Å². The van der Waals surface area contributed by atoms with Crippen molar-refractivity contribution in [2.24, 2.45) is 7.05 Å². The Morgan fingerprint density at radius 3 is 1.90 bits per heavy atom. The van der Waals surface area contributed by atoms with E-state index in [2.05, 4.69) is 4.57 Å². The summed E-state index contributed by atoms with van der Waals surface area (Å²) in [4.78, 5) is 10.1. The van der Waals surface area contributed by atoms with Crippen LogP contribution in [-0.2, 0) is 32.5 Å². The molecule has 0 atom stereocenters. The van der Waals surface area contributed by atoms with E-state index in [1.807, 2.05) is 30.3 Å². The third kappa shape index (κ3) is 10.3. The predicted molar refractivity (Wildman–Crippen MR) is 107 cm³/mol. The Morgan fingerprint density at radius 2 is 1.40 bits per heavy atom. The van der Waals surface area contributed by atoms with Gasteiger partial charge in [0.1, 0.15) is 31.3 Å². The van der Waals surface area contributed by atoms with Crippen LogP contribution in [-0.4, -0.2) is 69.0 Å². The number of benzene rings is 1. The Kier molecular flexibility index (Phi) is 11.4. The van der Waals surface area contributed by atoms with Crippen LogP contribution in [0.3, 0.4) is 0 Å². The van der Waals surface area contributed by atoms with E-state index in [0.717, 1.165) is 6.54 Å². The van der Waals surface area contributed by atoms with E-state index in [9.17, 15) is 10.1 Å². The molecule has 10 heteroatoms. The third-order valence-corrected chi connectivity index (χ3v) is 3.98. The molecule has 166 valence electrons. The van der Waals surface area contributed by atoms with Crippen molar-refractivity contribution in [2.75, 3.05) is 59.5 Å². The fourth-order valence-corrected chi connectivity index (χ4v) is 2.45. The van der Waals surface area contributed by atoms with Crippen molar-refractivity contribution >= 4 is 5.69 Å². The lowest BCUT2D eigenvalue weighted by Crippen LogP contribution is -2.24. The van der Waals surface area contributed by atoms with Crippen LogP contribution in [0.25, 0.3) is 0 Å². The second-order valence-electron chi connectivity index (χ2n) is 6.37. The fourth-order valence-electron chi connectivity index (χ4n) is 2.45. The molecule has 10 nitrogen and oxygen atoms in total. The number of aromatic nitrogens is 2. The van der Waals surface area contributed by atoms with Crippen LogP contribution in [0, 0.1) is 10.1 Å². The molecule has 2 rings (SSSR count). The van der Waals surface area contributed by atoms with Crippen LogP contribution >= 0.6 is 0 Å². The molecule has 0 amide bonds. The van der Waals surface area contributed by atoms with Gasteiger partial charge in [0.15, 0.2) is 0 Å². The van der Waals surface area contributed by atoms with Crippen molar-refractivity contribution in [3.63, 3.8) is 0 Å². The maximum Gasteiger partial charge on any atom is 0.269 e. The van der Waals surface area contributed by atoms with E-state index in [1.165, 1.54) is 12.1 Å². The maximum atomic E-state index is 10.6. The van der Waals surface area contributed by atoms with E-state index >= 15 is 0 Å². The van der Waals surface area contributed by atoms with Crippen molar-refractivity contribution in [1.29, 1.82) is 0 Å². The quantitative estimate of drug-likeness (QED) is 0.164. The summed E-state index contributed by atoms with van der Waals surface area (Å²) >= 11 is 0. The topological polar surface area (TPSA) is 98.1 Å². The summed E-state index contributed by atoms with van der Waals surface area (Å²) in [6.45, 7) is 5.31. The molecule has 1 heterocycles. The first kappa shape index (κ1) is 23.7. The highest BCUT2D eigenvalue weighted by molar-refractivity contribution is 5.35. The lowest BCUT2D eigenvalue weighted by Gasteiger charge is -2.08. The van der Waals surface area contributed by atoms with E-state index in [1.54, 1.807) is 12.1 Å².